The van der Waals surface area contributed by atoms with E-state index in [9.17, 15) is 4.79 Å². The first kappa shape index (κ1) is 14.9. The molecular weight excluding hydrogens is 264 g/mol. The summed E-state index contributed by atoms with van der Waals surface area (Å²) in [5, 5.41) is 2.79. The average molecular weight is 284 g/mol. The Kier molecular flexibility index (Phi) is 4.82. The van der Waals surface area contributed by atoms with E-state index >= 15 is 0 Å². The lowest BCUT2D eigenvalue weighted by molar-refractivity contribution is -0.118. The first-order chi connectivity index (χ1) is 10.1. The van der Waals surface area contributed by atoms with Crippen molar-refractivity contribution in [3.8, 4) is 5.75 Å². The second kappa shape index (κ2) is 6.79. The predicted octanol–water partition coefficient (Wildman–Crippen LogP) is 3.41. The van der Waals surface area contributed by atoms with Crippen LogP contribution in [0.15, 0.2) is 48.5 Å². The van der Waals surface area contributed by atoms with Crippen LogP contribution in [0.2, 0.25) is 0 Å². The highest BCUT2D eigenvalue weighted by Crippen LogP contribution is 2.20. The highest BCUT2D eigenvalue weighted by molar-refractivity contribution is 5.91. The van der Waals surface area contributed by atoms with Crippen molar-refractivity contribution in [2.75, 3.05) is 17.7 Å². The smallest absolute Gasteiger partial charge is 0.262 e. The molecule has 2 aromatic rings. The topological polar surface area (TPSA) is 64.3 Å². The molecule has 3 N–H and O–H groups in total. The summed E-state index contributed by atoms with van der Waals surface area (Å²) in [5.41, 5.74) is 8.26. The molecule has 0 unspecified atom stereocenters. The molecule has 0 radical (unpaired) electrons. The zero-order valence-corrected chi connectivity index (χ0v) is 12.3. The number of nitrogens with two attached hydrogens (primary N) is 1. The summed E-state index contributed by atoms with van der Waals surface area (Å²) < 4.78 is 5.40. The van der Waals surface area contributed by atoms with E-state index < -0.39 is 0 Å². The molecule has 0 aromatic heterocycles. The van der Waals surface area contributed by atoms with Gasteiger partial charge in [-0.1, -0.05) is 38.1 Å². The van der Waals surface area contributed by atoms with E-state index in [0.717, 1.165) is 5.69 Å². The minimum atomic E-state index is -0.212. The van der Waals surface area contributed by atoms with Gasteiger partial charge in [0.15, 0.2) is 6.61 Å². The number of amides is 1. The highest BCUT2D eigenvalue weighted by atomic mass is 16.5. The van der Waals surface area contributed by atoms with Crippen molar-refractivity contribution in [2.24, 2.45) is 0 Å². The maximum atomic E-state index is 11.8. The second-order valence-corrected chi connectivity index (χ2v) is 5.15. The van der Waals surface area contributed by atoms with Crippen LogP contribution in [0.25, 0.3) is 0 Å². The molecule has 1 amide bonds. The van der Waals surface area contributed by atoms with E-state index in [-0.39, 0.29) is 12.5 Å². The number of para-hydroxylation sites is 2. The van der Waals surface area contributed by atoms with Crippen LogP contribution < -0.4 is 15.8 Å². The number of nitrogen functional groups attached to an aromatic ring is 1. The minimum Gasteiger partial charge on any atom is -0.482 e. The largest absolute Gasteiger partial charge is 0.482 e. The molecule has 0 spiro atoms. The molecular formula is C17H20N2O2. The van der Waals surface area contributed by atoms with Crippen molar-refractivity contribution in [3.05, 3.63) is 54.1 Å². The number of hydrogen-bond acceptors (Lipinski definition) is 3. The van der Waals surface area contributed by atoms with E-state index in [1.807, 2.05) is 36.4 Å². The molecule has 4 nitrogen and oxygen atoms in total. The lowest BCUT2D eigenvalue weighted by Gasteiger charge is -2.10. The van der Waals surface area contributed by atoms with Crippen LogP contribution in [0.5, 0.6) is 5.75 Å². The van der Waals surface area contributed by atoms with Crippen LogP contribution in [0, 0.1) is 0 Å². The third-order valence-corrected chi connectivity index (χ3v) is 3.14. The molecule has 0 atom stereocenters. The van der Waals surface area contributed by atoms with Gasteiger partial charge in [0.1, 0.15) is 5.75 Å². The van der Waals surface area contributed by atoms with Gasteiger partial charge in [0, 0.05) is 5.69 Å². The summed E-state index contributed by atoms with van der Waals surface area (Å²) in [5.74, 6) is 0.775. The first-order valence-electron chi connectivity index (χ1n) is 6.93. The molecule has 2 aromatic carbocycles. The van der Waals surface area contributed by atoms with Gasteiger partial charge in [0.2, 0.25) is 0 Å². The van der Waals surface area contributed by atoms with Crippen molar-refractivity contribution in [3.63, 3.8) is 0 Å². The fourth-order valence-corrected chi connectivity index (χ4v) is 1.90. The van der Waals surface area contributed by atoms with E-state index in [0.29, 0.717) is 17.4 Å². The Balaban J connectivity index is 1.88. The van der Waals surface area contributed by atoms with Crippen molar-refractivity contribution in [1.82, 2.24) is 0 Å². The van der Waals surface area contributed by atoms with Gasteiger partial charge in [-0.15, -0.1) is 0 Å². The molecule has 0 saturated heterocycles. The maximum Gasteiger partial charge on any atom is 0.262 e. The van der Waals surface area contributed by atoms with Gasteiger partial charge in [-0.25, -0.2) is 0 Å². The normalized spacial score (nSPS) is 10.4. The zero-order valence-electron chi connectivity index (χ0n) is 12.3. The predicted molar refractivity (Wildman–Crippen MR) is 85.5 cm³/mol. The van der Waals surface area contributed by atoms with Crippen molar-refractivity contribution in [2.45, 2.75) is 19.8 Å². The number of carbonyl (C=O) groups excluding carboxylic acids is 1. The van der Waals surface area contributed by atoms with Crippen LogP contribution in [0.4, 0.5) is 11.4 Å². The number of ether oxygens (including phenoxy) is 1. The molecule has 0 aliphatic rings. The van der Waals surface area contributed by atoms with Crippen LogP contribution in [0.3, 0.4) is 0 Å². The summed E-state index contributed by atoms with van der Waals surface area (Å²) >= 11 is 0. The number of benzene rings is 2. The molecule has 4 heteroatoms. The minimum absolute atomic E-state index is 0.0693. The van der Waals surface area contributed by atoms with Gasteiger partial charge in [-0.3, -0.25) is 4.79 Å². The molecule has 0 fully saturated rings. The zero-order chi connectivity index (χ0) is 15.2. The average Bonchev–Trinajstić information content (AvgIpc) is 2.47. The molecule has 21 heavy (non-hydrogen) atoms. The quantitative estimate of drug-likeness (QED) is 0.827. The monoisotopic (exact) mass is 284 g/mol. The molecule has 110 valence electrons. The summed E-state index contributed by atoms with van der Waals surface area (Å²) in [6.07, 6.45) is 0. The van der Waals surface area contributed by atoms with Crippen LogP contribution in [-0.2, 0) is 4.79 Å². The van der Waals surface area contributed by atoms with Crippen LogP contribution >= 0.6 is 0 Å². The third-order valence-electron chi connectivity index (χ3n) is 3.14. The van der Waals surface area contributed by atoms with E-state index in [2.05, 4.69) is 19.2 Å². The fourth-order valence-electron chi connectivity index (χ4n) is 1.90. The van der Waals surface area contributed by atoms with E-state index in [4.69, 9.17) is 10.5 Å². The SMILES string of the molecule is CC(C)c1ccc(NC(=O)COc2ccccc2N)cc1. The van der Waals surface area contributed by atoms with Crippen LogP contribution in [0.1, 0.15) is 25.3 Å². The van der Waals surface area contributed by atoms with E-state index in [1.165, 1.54) is 5.56 Å². The van der Waals surface area contributed by atoms with Gasteiger partial charge in [-0.2, -0.15) is 0 Å². The number of carbonyl (C=O) groups is 1. The Hall–Kier alpha value is -2.49. The van der Waals surface area contributed by atoms with Crippen molar-refractivity contribution < 1.29 is 9.53 Å². The summed E-state index contributed by atoms with van der Waals surface area (Å²) in [7, 11) is 0. The fraction of sp³-hybridized carbons (Fsp3) is 0.235. The Morgan fingerprint density at radius 3 is 2.43 bits per heavy atom. The number of hydrogen-bond donors (Lipinski definition) is 2. The number of nitrogens with one attached hydrogen (secondary N) is 1. The van der Waals surface area contributed by atoms with Gasteiger partial charge in [0.25, 0.3) is 5.91 Å². The summed E-state index contributed by atoms with van der Waals surface area (Å²) in [6.45, 7) is 4.19. The number of anilines is 2. The molecule has 0 saturated carbocycles. The maximum absolute atomic E-state index is 11.8. The summed E-state index contributed by atoms with van der Waals surface area (Å²) in [6, 6.07) is 14.9. The molecule has 0 aliphatic heterocycles. The lowest BCUT2D eigenvalue weighted by Crippen LogP contribution is -2.20. The Morgan fingerprint density at radius 2 is 1.81 bits per heavy atom. The third kappa shape index (κ3) is 4.24. The second-order valence-electron chi connectivity index (χ2n) is 5.15. The van der Waals surface area contributed by atoms with Gasteiger partial charge >= 0.3 is 0 Å². The highest BCUT2D eigenvalue weighted by Gasteiger charge is 2.06. The van der Waals surface area contributed by atoms with Crippen molar-refractivity contribution in [1.29, 1.82) is 0 Å². The Morgan fingerprint density at radius 1 is 1.14 bits per heavy atom. The first-order valence-corrected chi connectivity index (χ1v) is 6.93. The van der Waals surface area contributed by atoms with Gasteiger partial charge in [0.05, 0.1) is 5.69 Å². The standard InChI is InChI=1S/C17H20N2O2/c1-12(2)13-7-9-14(10-8-13)19-17(20)11-21-16-6-4-3-5-15(16)18/h3-10,12H,11,18H2,1-2H3,(H,19,20). The van der Waals surface area contributed by atoms with Crippen LogP contribution in [-0.4, -0.2) is 12.5 Å². The van der Waals surface area contributed by atoms with Crippen molar-refractivity contribution >= 4 is 17.3 Å². The Labute approximate surface area is 124 Å². The molecule has 0 heterocycles. The van der Waals surface area contributed by atoms with Gasteiger partial charge in [-0.05, 0) is 35.7 Å². The number of rotatable bonds is 5. The van der Waals surface area contributed by atoms with E-state index in [1.54, 1.807) is 12.1 Å². The Bertz CT molecular complexity index is 606. The lowest BCUT2D eigenvalue weighted by atomic mass is 10.0. The molecule has 0 aliphatic carbocycles. The molecule has 2 rings (SSSR count). The molecule has 0 bridgehead atoms. The van der Waals surface area contributed by atoms with Gasteiger partial charge < -0.3 is 15.8 Å². The summed E-state index contributed by atoms with van der Waals surface area (Å²) in [4.78, 5) is 11.8.